The number of halogens is 1. The first-order chi connectivity index (χ1) is 5.69. The van der Waals surface area contributed by atoms with Crippen LogP contribution in [0.1, 0.15) is 23.6 Å². The third kappa shape index (κ3) is 1.78. The molecule has 0 radical (unpaired) electrons. The summed E-state index contributed by atoms with van der Waals surface area (Å²) in [5.41, 5.74) is 3.34. The highest BCUT2D eigenvalue weighted by Gasteiger charge is 2.02. The minimum absolute atomic E-state index is 0.766. The van der Waals surface area contributed by atoms with Crippen LogP contribution in [-0.4, -0.2) is 0 Å². The molecule has 1 rings (SSSR count). The lowest BCUT2D eigenvalue weighted by Gasteiger charge is -2.05. The first-order valence-electron chi connectivity index (χ1n) is 3.88. The summed E-state index contributed by atoms with van der Waals surface area (Å²) in [7, 11) is 0. The molecule has 0 saturated carbocycles. The summed E-state index contributed by atoms with van der Waals surface area (Å²) in [6.07, 6.45) is 0.997. The summed E-state index contributed by atoms with van der Waals surface area (Å²) in [5.74, 6) is 0. The van der Waals surface area contributed by atoms with E-state index in [0.717, 1.165) is 12.0 Å². The largest absolute Gasteiger partial charge is 0.192 e. The van der Waals surface area contributed by atoms with Crippen LogP contribution in [0, 0.1) is 21.8 Å². The molecule has 62 valence electrons. The normalized spacial score (nSPS) is 9.50. The van der Waals surface area contributed by atoms with Gasteiger partial charge in [0.25, 0.3) is 0 Å². The molecule has 0 aliphatic rings. The average molecular weight is 271 g/mol. The van der Waals surface area contributed by atoms with Gasteiger partial charge in [0, 0.05) is 3.57 Å². The van der Waals surface area contributed by atoms with Crippen molar-refractivity contribution in [3.63, 3.8) is 0 Å². The molecule has 0 atom stereocenters. The van der Waals surface area contributed by atoms with E-state index in [1.807, 2.05) is 12.1 Å². The van der Waals surface area contributed by atoms with Gasteiger partial charge in [-0.2, -0.15) is 5.26 Å². The van der Waals surface area contributed by atoms with Crippen LogP contribution in [-0.2, 0) is 6.42 Å². The zero-order valence-electron chi connectivity index (χ0n) is 7.19. The third-order valence-electron chi connectivity index (χ3n) is 1.96. The van der Waals surface area contributed by atoms with Crippen molar-refractivity contribution in [1.82, 2.24) is 0 Å². The van der Waals surface area contributed by atoms with E-state index < -0.39 is 0 Å². The van der Waals surface area contributed by atoms with Crippen LogP contribution in [0.25, 0.3) is 0 Å². The first-order valence-corrected chi connectivity index (χ1v) is 4.96. The fourth-order valence-corrected chi connectivity index (χ4v) is 1.85. The van der Waals surface area contributed by atoms with E-state index in [-0.39, 0.29) is 0 Å². The lowest BCUT2D eigenvalue weighted by Crippen LogP contribution is -1.91. The Balaban J connectivity index is 3.31. The number of nitrogens with zero attached hydrogens (tertiary/aromatic N) is 1. The number of aryl methyl sites for hydroxylation is 1. The monoisotopic (exact) mass is 271 g/mol. The van der Waals surface area contributed by atoms with Crippen molar-refractivity contribution in [3.05, 3.63) is 32.4 Å². The summed E-state index contributed by atoms with van der Waals surface area (Å²) in [5, 5.41) is 8.72. The molecular weight excluding hydrogens is 261 g/mol. The van der Waals surface area contributed by atoms with Crippen LogP contribution in [0.15, 0.2) is 12.1 Å². The number of nitriles is 1. The lowest BCUT2D eigenvalue weighted by atomic mass is 10.0. The maximum atomic E-state index is 8.72. The zero-order valence-corrected chi connectivity index (χ0v) is 9.34. The van der Waals surface area contributed by atoms with Crippen molar-refractivity contribution in [1.29, 1.82) is 5.26 Å². The van der Waals surface area contributed by atoms with Crippen molar-refractivity contribution in [2.45, 2.75) is 20.3 Å². The second-order valence-corrected chi connectivity index (χ2v) is 3.87. The predicted octanol–water partition coefficient (Wildman–Crippen LogP) is 3.03. The van der Waals surface area contributed by atoms with Gasteiger partial charge in [0.1, 0.15) is 0 Å². The van der Waals surface area contributed by atoms with E-state index in [1.54, 1.807) is 0 Å². The van der Waals surface area contributed by atoms with Crippen LogP contribution in [0.4, 0.5) is 0 Å². The molecule has 0 N–H and O–H groups in total. The van der Waals surface area contributed by atoms with E-state index in [9.17, 15) is 0 Å². The minimum Gasteiger partial charge on any atom is -0.192 e. The van der Waals surface area contributed by atoms with Crippen LogP contribution in [0.3, 0.4) is 0 Å². The highest BCUT2D eigenvalue weighted by Crippen LogP contribution is 2.18. The van der Waals surface area contributed by atoms with Crippen molar-refractivity contribution in [2.75, 3.05) is 0 Å². The van der Waals surface area contributed by atoms with Gasteiger partial charge in [0.05, 0.1) is 11.6 Å². The Kier molecular flexibility index (Phi) is 3.10. The summed E-state index contributed by atoms with van der Waals surface area (Å²) in [6, 6.07) is 6.06. The van der Waals surface area contributed by atoms with Gasteiger partial charge in [-0.25, -0.2) is 0 Å². The van der Waals surface area contributed by atoms with E-state index in [1.165, 1.54) is 14.7 Å². The van der Waals surface area contributed by atoms with E-state index in [4.69, 9.17) is 5.26 Å². The Hall–Kier alpha value is -0.560. The summed E-state index contributed by atoms with van der Waals surface area (Å²) < 4.78 is 1.18. The van der Waals surface area contributed by atoms with Crippen LogP contribution >= 0.6 is 22.6 Å². The molecular formula is C10H10IN. The van der Waals surface area contributed by atoms with Crippen LogP contribution < -0.4 is 0 Å². The number of hydrogen-bond donors (Lipinski definition) is 0. The van der Waals surface area contributed by atoms with Crippen molar-refractivity contribution >= 4 is 22.6 Å². The quantitative estimate of drug-likeness (QED) is 0.720. The third-order valence-corrected chi connectivity index (χ3v) is 3.08. The Labute approximate surface area is 86.5 Å². The van der Waals surface area contributed by atoms with Gasteiger partial charge in [-0.15, -0.1) is 0 Å². The topological polar surface area (TPSA) is 23.8 Å². The summed E-state index contributed by atoms with van der Waals surface area (Å²) in [4.78, 5) is 0. The second kappa shape index (κ2) is 3.90. The van der Waals surface area contributed by atoms with Gasteiger partial charge >= 0.3 is 0 Å². The van der Waals surface area contributed by atoms with Gasteiger partial charge in [-0.3, -0.25) is 0 Å². The molecule has 12 heavy (non-hydrogen) atoms. The van der Waals surface area contributed by atoms with Gasteiger partial charge in [-0.1, -0.05) is 6.92 Å². The molecule has 0 fully saturated rings. The molecule has 1 nitrogen and oxygen atoms in total. The number of rotatable bonds is 1. The van der Waals surface area contributed by atoms with Gasteiger partial charge in [0.2, 0.25) is 0 Å². The summed E-state index contributed by atoms with van der Waals surface area (Å²) >= 11 is 2.27. The fraction of sp³-hybridized carbons (Fsp3) is 0.300. The van der Waals surface area contributed by atoms with Crippen molar-refractivity contribution in [2.24, 2.45) is 0 Å². The molecule has 0 bridgehead atoms. The van der Waals surface area contributed by atoms with Gasteiger partial charge in [-0.05, 0) is 59.2 Å². The lowest BCUT2D eigenvalue weighted by molar-refractivity contribution is 1.10. The smallest absolute Gasteiger partial charge is 0.0992 e. The average Bonchev–Trinajstić information content (AvgIpc) is 2.09. The van der Waals surface area contributed by atoms with Crippen LogP contribution in [0.5, 0.6) is 0 Å². The van der Waals surface area contributed by atoms with Crippen LogP contribution in [0.2, 0.25) is 0 Å². The molecule has 1 aromatic carbocycles. The molecule has 0 amide bonds. The first kappa shape index (κ1) is 9.53. The van der Waals surface area contributed by atoms with E-state index in [2.05, 4.69) is 42.5 Å². The molecule has 0 aliphatic carbocycles. The molecule has 0 saturated heterocycles. The highest BCUT2D eigenvalue weighted by molar-refractivity contribution is 14.1. The van der Waals surface area contributed by atoms with Crippen molar-refractivity contribution < 1.29 is 0 Å². The molecule has 0 aliphatic heterocycles. The molecule has 0 unspecified atom stereocenters. The van der Waals surface area contributed by atoms with Gasteiger partial charge in [0.15, 0.2) is 0 Å². The van der Waals surface area contributed by atoms with E-state index >= 15 is 0 Å². The summed E-state index contributed by atoms with van der Waals surface area (Å²) in [6.45, 7) is 4.21. The Bertz CT molecular complexity index is 336. The zero-order chi connectivity index (χ0) is 9.14. The molecule has 0 spiro atoms. The minimum atomic E-state index is 0.766. The Morgan fingerprint density at radius 1 is 1.50 bits per heavy atom. The Morgan fingerprint density at radius 3 is 2.67 bits per heavy atom. The molecule has 0 heterocycles. The fourth-order valence-electron chi connectivity index (χ4n) is 1.17. The SMILES string of the molecule is CCc1cc(C#N)cc(I)c1C. The van der Waals surface area contributed by atoms with Gasteiger partial charge < -0.3 is 0 Å². The molecule has 0 aromatic heterocycles. The number of hydrogen-bond acceptors (Lipinski definition) is 1. The predicted molar refractivity (Wildman–Crippen MR) is 58.0 cm³/mol. The molecule has 1 aromatic rings. The van der Waals surface area contributed by atoms with E-state index in [0.29, 0.717) is 0 Å². The highest BCUT2D eigenvalue weighted by atomic mass is 127. The standard InChI is InChI=1S/C10H10IN/c1-3-9-4-8(6-12)5-10(11)7(9)2/h4-5H,3H2,1-2H3. The number of benzene rings is 1. The van der Waals surface area contributed by atoms with Crippen molar-refractivity contribution in [3.8, 4) is 6.07 Å². The molecule has 2 heteroatoms. The maximum Gasteiger partial charge on any atom is 0.0992 e. The maximum absolute atomic E-state index is 8.72. The Morgan fingerprint density at radius 2 is 2.17 bits per heavy atom. The second-order valence-electron chi connectivity index (χ2n) is 2.71.